The Hall–Kier alpha value is -1.49. The first-order chi connectivity index (χ1) is 13.7. The molecule has 0 bridgehead atoms. The van der Waals surface area contributed by atoms with Gasteiger partial charge in [-0.1, -0.05) is 12.1 Å². The molecule has 0 radical (unpaired) electrons. The van der Waals surface area contributed by atoms with Gasteiger partial charge in [-0.15, -0.1) is 0 Å². The molecular weight excluding hydrogens is 414 g/mol. The molecule has 29 heavy (non-hydrogen) atoms. The van der Waals surface area contributed by atoms with E-state index in [0.717, 1.165) is 18.4 Å². The standard InChI is InChI=1S/C19H29N3O5S2/c1-28(24,25)21-14-9-17(10-15-21)19(23)20-11-8-16-4-6-18(7-5-16)29(26,27)22-12-2-3-13-22/h4-7,17H,2-3,8-15H2,1H3,(H,20,23). The summed E-state index contributed by atoms with van der Waals surface area (Å²) >= 11 is 0. The van der Waals surface area contributed by atoms with Crippen molar-refractivity contribution in [1.82, 2.24) is 13.9 Å². The summed E-state index contributed by atoms with van der Waals surface area (Å²) in [4.78, 5) is 12.6. The van der Waals surface area contributed by atoms with Gasteiger partial charge >= 0.3 is 0 Å². The first-order valence-electron chi connectivity index (χ1n) is 10.00. The van der Waals surface area contributed by atoms with Gasteiger partial charge in [0.1, 0.15) is 0 Å². The monoisotopic (exact) mass is 443 g/mol. The van der Waals surface area contributed by atoms with Crippen molar-refractivity contribution < 1.29 is 21.6 Å². The molecule has 0 atom stereocenters. The Morgan fingerprint density at radius 1 is 0.966 bits per heavy atom. The molecule has 0 aromatic heterocycles. The minimum atomic E-state index is -3.40. The van der Waals surface area contributed by atoms with Gasteiger partial charge in [-0.05, 0) is 49.8 Å². The van der Waals surface area contributed by atoms with E-state index < -0.39 is 20.0 Å². The lowest BCUT2D eigenvalue weighted by Crippen LogP contribution is -2.42. The largest absolute Gasteiger partial charge is 0.356 e. The van der Waals surface area contributed by atoms with Gasteiger partial charge in [-0.25, -0.2) is 21.1 Å². The topological polar surface area (TPSA) is 104 Å². The van der Waals surface area contributed by atoms with Crippen LogP contribution in [0.1, 0.15) is 31.2 Å². The predicted octanol–water partition coefficient (Wildman–Crippen LogP) is 0.801. The maximum absolute atomic E-state index is 12.5. The molecule has 2 heterocycles. The summed E-state index contributed by atoms with van der Waals surface area (Å²) in [7, 11) is -6.59. The van der Waals surface area contributed by atoms with Crippen LogP contribution in [0.5, 0.6) is 0 Å². The second kappa shape index (κ2) is 9.11. The van der Waals surface area contributed by atoms with E-state index in [4.69, 9.17) is 0 Å². The highest BCUT2D eigenvalue weighted by molar-refractivity contribution is 7.89. The van der Waals surface area contributed by atoms with E-state index in [-0.39, 0.29) is 11.8 Å². The number of amides is 1. The van der Waals surface area contributed by atoms with Crippen LogP contribution in [0.3, 0.4) is 0 Å². The first-order valence-corrected chi connectivity index (χ1v) is 13.3. The fourth-order valence-corrected chi connectivity index (χ4v) is 6.22. The number of nitrogens with zero attached hydrogens (tertiary/aromatic N) is 2. The van der Waals surface area contributed by atoms with E-state index in [9.17, 15) is 21.6 Å². The lowest BCUT2D eigenvalue weighted by atomic mass is 9.97. The van der Waals surface area contributed by atoms with E-state index in [1.807, 2.05) is 0 Å². The number of sulfonamides is 2. The summed E-state index contributed by atoms with van der Waals surface area (Å²) in [6.45, 7) is 2.38. The number of carbonyl (C=O) groups excluding carboxylic acids is 1. The van der Waals surface area contributed by atoms with Gasteiger partial charge in [-0.3, -0.25) is 4.79 Å². The van der Waals surface area contributed by atoms with Gasteiger partial charge in [-0.2, -0.15) is 4.31 Å². The molecule has 2 fully saturated rings. The van der Waals surface area contributed by atoms with Crippen molar-refractivity contribution in [3.8, 4) is 0 Å². The quantitative estimate of drug-likeness (QED) is 0.671. The summed E-state index contributed by atoms with van der Waals surface area (Å²) in [5, 5.41) is 2.91. The highest BCUT2D eigenvalue weighted by Crippen LogP contribution is 2.21. The third kappa shape index (κ3) is 5.56. The third-order valence-corrected chi connectivity index (χ3v) is 8.85. The second-order valence-electron chi connectivity index (χ2n) is 7.73. The summed E-state index contributed by atoms with van der Waals surface area (Å²) < 4.78 is 51.1. The van der Waals surface area contributed by atoms with Crippen molar-refractivity contribution >= 4 is 26.0 Å². The molecule has 2 aliphatic heterocycles. The van der Waals surface area contributed by atoms with Crippen molar-refractivity contribution in [3.63, 3.8) is 0 Å². The molecule has 0 unspecified atom stereocenters. The van der Waals surface area contributed by atoms with Gasteiger partial charge in [0.25, 0.3) is 0 Å². The number of piperidine rings is 1. The number of nitrogens with one attached hydrogen (secondary N) is 1. The first kappa shape index (κ1) is 22.2. The Morgan fingerprint density at radius 2 is 1.55 bits per heavy atom. The van der Waals surface area contributed by atoms with Crippen molar-refractivity contribution in [2.75, 3.05) is 39.0 Å². The SMILES string of the molecule is CS(=O)(=O)N1CCC(C(=O)NCCc2ccc(S(=O)(=O)N3CCCC3)cc2)CC1. The van der Waals surface area contributed by atoms with Crippen LogP contribution < -0.4 is 5.32 Å². The van der Waals surface area contributed by atoms with Crippen LogP contribution in [-0.4, -0.2) is 70.3 Å². The third-order valence-electron chi connectivity index (χ3n) is 5.63. The Morgan fingerprint density at radius 3 is 2.10 bits per heavy atom. The lowest BCUT2D eigenvalue weighted by Gasteiger charge is -2.29. The van der Waals surface area contributed by atoms with Crippen molar-refractivity contribution in [1.29, 1.82) is 0 Å². The lowest BCUT2D eigenvalue weighted by molar-refractivity contribution is -0.126. The molecule has 0 saturated carbocycles. The molecule has 1 aromatic carbocycles. The van der Waals surface area contributed by atoms with E-state index >= 15 is 0 Å². The molecule has 8 nitrogen and oxygen atoms in total. The Bertz CT molecular complexity index is 915. The van der Waals surface area contributed by atoms with Crippen LogP contribution in [0.2, 0.25) is 0 Å². The summed E-state index contributed by atoms with van der Waals surface area (Å²) in [5.74, 6) is -0.215. The van der Waals surface area contributed by atoms with Gasteiger partial charge < -0.3 is 5.32 Å². The Labute approximate surface area is 173 Å². The fourth-order valence-electron chi connectivity index (χ4n) is 3.83. The molecule has 10 heteroatoms. The number of hydrogen-bond donors (Lipinski definition) is 1. The minimum Gasteiger partial charge on any atom is -0.356 e. The zero-order valence-electron chi connectivity index (χ0n) is 16.7. The summed E-state index contributed by atoms with van der Waals surface area (Å²) in [5.41, 5.74) is 0.956. The highest BCUT2D eigenvalue weighted by atomic mass is 32.2. The predicted molar refractivity (Wildman–Crippen MR) is 110 cm³/mol. The van der Waals surface area contributed by atoms with E-state index in [1.54, 1.807) is 24.3 Å². The zero-order chi connectivity index (χ0) is 21.1. The number of hydrogen-bond acceptors (Lipinski definition) is 5. The van der Waals surface area contributed by atoms with Gasteiger partial charge in [0.05, 0.1) is 11.2 Å². The molecule has 1 amide bonds. The van der Waals surface area contributed by atoms with Crippen molar-refractivity contribution in [3.05, 3.63) is 29.8 Å². The average Bonchev–Trinajstić information content (AvgIpc) is 3.23. The second-order valence-corrected chi connectivity index (χ2v) is 11.7. The smallest absolute Gasteiger partial charge is 0.243 e. The molecule has 1 aromatic rings. The molecule has 3 rings (SSSR count). The maximum atomic E-state index is 12.5. The molecule has 0 spiro atoms. The minimum absolute atomic E-state index is 0.0496. The molecule has 2 saturated heterocycles. The van der Waals surface area contributed by atoms with Crippen molar-refractivity contribution in [2.24, 2.45) is 5.92 Å². The summed E-state index contributed by atoms with van der Waals surface area (Å²) in [6, 6.07) is 6.84. The maximum Gasteiger partial charge on any atom is 0.243 e. The van der Waals surface area contributed by atoms with Gasteiger partial charge in [0.2, 0.25) is 26.0 Å². The van der Waals surface area contributed by atoms with E-state index in [1.165, 1.54) is 14.9 Å². The van der Waals surface area contributed by atoms with Crippen LogP contribution in [0, 0.1) is 5.92 Å². The van der Waals surface area contributed by atoms with E-state index in [0.29, 0.717) is 56.9 Å². The van der Waals surface area contributed by atoms with Gasteiger partial charge in [0.15, 0.2) is 0 Å². The average molecular weight is 444 g/mol. The van der Waals surface area contributed by atoms with E-state index in [2.05, 4.69) is 5.32 Å². The van der Waals surface area contributed by atoms with Gasteiger partial charge in [0, 0.05) is 38.6 Å². The van der Waals surface area contributed by atoms with Crippen LogP contribution in [-0.2, 0) is 31.3 Å². The zero-order valence-corrected chi connectivity index (χ0v) is 18.3. The Balaban J connectivity index is 1.45. The molecule has 1 N–H and O–H groups in total. The van der Waals surface area contributed by atoms with Crippen LogP contribution in [0.4, 0.5) is 0 Å². The van der Waals surface area contributed by atoms with Crippen LogP contribution in [0.15, 0.2) is 29.2 Å². The number of carbonyl (C=O) groups is 1. The summed E-state index contributed by atoms with van der Waals surface area (Å²) in [6.07, 6.45) is 4.67. The molecule has 2 aliphatic rings. The van der Waals surface area contributed by atoms with Crippen molar-refractivity contribution in [2.45, 2.75) is 37.0 Å². The normalized spacial score (nSPS) is 20.0. The van der Waals surface area contributed by atoms with Crippen LogP contribution in [0.25, 0.3) is 0 Å². The molecule has 162 valence electrons. The molecule has 0 aliphatic carbocycles. The molecular formula is C19H29N3O5S2. The Kier molecular flexibility index (Phi) is 6.98. The number of rotatable bonds is 7. The van der Waals surface area contributed by atoms with Crippen LogP contribution >= 0.6 is 0 Å². The highest BCUT2D eigenvalue weighted by Gasteiger charge is 2.29. The fraction of sp³-hybridized carbons (Fsp3) is 0.632. The number of benzene rings is 1.